The summed E-state index contributed by atoms with van der Waals surface area (Å²) in [7, 11) is 0. The minimum Gasteiger partial charge on any atom is -0.394 e. The van der Waals surface area contributed by atoms with E-state index < -0.39 is 5.91 Å². The van der Waals surface area contributed by atoms with Crippen LogP contribution in [-0.4, -0.2) is 39.5 Å². The van der Waals surface area contributed by atoms with E-state index in [1.165, 1.54) is 17.4 Å². The van der Waals surface area contributed by atoms with E-state index in [-0.39, 0.29) is 29.9 Å². The molecule has 2 aromatic heterocycles. The second-order valence-electron chi connectivity index (χ2n) is 7.43. The first-order chi connectivity index (χ1) is 14.4. The first kappa shape index (κ1) is 21.7. The van der Waals surface area contributed by atoms with Gasteiger partial charge in [0.15, 0.2) is 5.13 Å². The lowest BCUT2D eigenvalue weighted by molar-refractivity contribution is 0.0902. The zero-order chi connectivity index (χ0) is 21.7. The zero-order valence-corrected chi connectivity index (χ0v) is 17.7. The summed E-state index contributed by atoms with van der Waals surface area (Å²) in [5.74, 6) is -0.472. The van der Waals surface area contributed by atoms with Crippen molar-refractivity contribution in [2.24, 2.45) is 5.92 Å². The van der Waals surface area contributed by atoms with Crippen molar-refractivity contribution in [1.82, 2.24) is 20.6 Å². The van der Waals surface area contributed by atoms with Crippen molar-refractivity contribution in [2.45, 2.75) is 32.9 Å². The quantitative estimate of drug-likeness (QED) is 0.436. The van der Waals surface area contributed by atoms with Crippen LogP contribution in [0.1, 0.15) is 46.8 Å². The molecule has 1 aromatic carbocycles. The molecule has 2 amide bonds. The van der Waals surface area contributed by atoms with E-state index in [1.54, 1.807) is 12.1 Å². The summed E-state index contributed by atoms with van der Waals surface area (Å²) in [6, 6.07) is 10.0. The maximum atomic E-state index is 12.5. The van der Waals surface area contributed by atoms with Gasteiger partial charge in [-0.25, -0.2) is 9.97 Å². The molecule has 0 aliphatic rings. The van der Waals surface area contributed by atoms with Crippen molar-refractivity contribution in [3.8, 4) is 0 Å². The van der Waals surface area contributed by atoms with Crippen molar-refractivity contribution >= 4 is 38.5 Å². The number of carbonyl (C=O) groups excluding carboxylic acids is 2. The molecule has 0 saturated carbocycles. The predicted molar refractivity (Wildman–Crippen MR) is 117 cm³/mol. The third-order valence-electron chi connectivity index (χ3n) is 4.45. The molecule has 0 spiro atoms. The van der Waals surface area contributed by atoms with Crippen LogP contribution < -0.4 is 16.4 Å². The van der Waals surface area contributed by atoms with Gasteiger partial charge in [0.05, 0.1) is 22.9 Å². The second kappa shape index (κ2) is 9.64. The van der Waals surface area contributed by atoms with Crippen molar-refractivity contribution in [3.63, 3.8) is 0 Å². The Labute approximate surface area is 178 Å². The third-order valence-corrected chi connectivity index (χ3v) is 5.30. The molecule has 0 saturated heterocycles. The SMILES string of the molecule is CC(C)C[C@@H](CO)NC(=O)c1cccc(C(=O)NCc2ccc3nc(N)sc3c2)n1. The van der Waals surface area contributed by atoms with Gasteiger partial charge < -0.3 is 21.5 Å². The Hall–Kier alpha value is -3.04. The van der Waals surface area contributed by atoms with Crippen LogP contribution in [0.4, 0.5) is 5.13 Å². The summed E-state index contributed by atoms with van der Waals surface area (Å²) < 4.78 is 0.955. The molecule has 0 radical (unpaired) electrons. The number of nitrogens with zero attached hydrogens (tertiary/aromatic N) is 2. The van der Waals surface area contributed by atoms with Crippen LogP contribution in [0.3, 0.4) is 0 Å². The van der Waals surface area contributed by atoms with Crippen LogP contribution in [0.5, 0.6) is 0 Å². The van der Waals surface area contributed by atoms with Crippen LogP contribution in [0.2, 0.25) is 0 Å². The van der Waals surface area contributed by atoms with E-state index in [9.17, 15) is 14.7 Å². The number of aromatic nitrogens is 2. The van der Waals surface area contributed by atoms with E-state index in [0.29, 0.717) is 24.0 Å². The number of hydrogen-bond acceptors (Lipinski definition) is 7. The highest BCUT2D eigenvalue weighted by Gasteiger charge is 2.17. The van der Waals surface area contributed by atoms with Crippen molar-refractivity contribution < 1.29 is 14.7 Å². The summed E-state index contributed by atoms with van der Waals surface area (Å²) in [5.41, 5.74) is 7.74. The minimum absolute atomic E-state index is 0.131. The molecular weight excluding hydrogens is 402 g/mol. The lowest BCUT2D eigenvalue weighted by atomic mass is 10.0. The Balaban J connectivity index is 1.63. The van der Waals surface area contributed by atoms with Crippen LogP contribution >= 0.6 is 11.3 Å². The number of amides is 2. The first-order valence-electron chi connectivity index (χ1n) is 9.67. The number of benzene rings is 1. The number of pyridine rings is 1. The van der Waals surface area contributed by atoms with Gasteiger partial charge in [-0.2, -0.15) is 0 Å². The number of nitrogens with one attached hydrogen (secondary N) is 2. The summed E-state index contributed by atoms with van der Waals surface area (Å²) >= 11 is 1.39. The fourth-order valence-electron chi connectivity index (χ4n) is 3.06. The fraction of sp³-hybridized carbons (Fsp3) is 0.333. The van der Waals surface area contributed by atoms with Crippen molar-refractivity contribution in [1.29, 1.82) is 0 Å². The van der Waals surface area contributed by atoms with Crippen LogP contribution in [0, 0.1) is 5.92 Å². The molecular formula is C21H25N5O3S. The Morgan fingerprint density at radius 2 is 1.87 bits per heavy atom. The summed E-state index contributed by atoms with van der Waals surface area (Å²) in [6.45, 7) is 4.19. The average Bonchev–Trinajstić information content (AvgIpc) is 3.10. The predicted octanol–water partition coefficient (Wildman–Crippen LogP) is 2.34. The lowest BCUT2D eigenvalue weighted by Gasteiger charge is -2.18. The van der Waals surface area contributed by atoms with E-state index in [4.69, 9.17) is 5.73 Å². The molecule has 9 heteroatoms. The lowest BCUT2D eigenvalue weighted by Crippen LogP contribution is -2.39. The minimum atomic E-state index is -0.419. The topological polar surface area (TPSA) is 130 Å². The Morgan fingerprint density at radius 3 is 2.57 bits per heavy atom. The van der Waals surface area contributed by atoms with Gasteiger partial charge in [0.1, 0.15) is 11.4 Å². The van der Waals surface area contributed by atoms with Gasteiger partial charge in [-0.1, -0.05) is 37.3 Å². The van der Waals surface area contributed by atoms with Crippen molar-refractivity contribution in [2.75, 3.05) is 12.3 Å². The normalized spacial score (nSPS) is 12.1. The fourth-order valence-corrected chi connectivity index (χ4v) is 3.86. The molecule has 1 atom stereocenters. The number of nitrogens with two attached hydrogens (primary N) is 1. The molecule has 3 aromatic rings. The third kappa shape index (κ3) is 5.52. The zero-order valence-electron chi connectivity index (χ0n) is 16.9. The number of carbonyl (C=O) groups is 2. The molecule has 5 N–H and O–H groups in total. The average molecular weight is 428 g/mol. The first-order valence-corrected chi connectivity index (χ1v) is 10.5. The highest BCUT2D eigenvalue weighted by molar-refractivity contribution is 7.22. The summed E-state index contributed by atoms with van der Waals surface area (Å²) in [5, 5.41) is 15.5. The number of fused-ring (bicyclic) bond motifs is 1. The summed E-state index contributed by atoms with van der Waals surface area (Å²) in [6.07, 6.45) is 0.651. The number of thiazole rings is 1. The molecule has 0 unspecified atom stereocenters. The van der Waals surface area contributed by atoms with Gasteiger partial charge in [0.25, 0.3) is 11.8 Å². The molecule has 0 fully saturated rings. The molecule has 0 bridgehead atoms. The number of hydrogen-bond donors (Lipinski definition) is 4. The highest BCUT2D eigenvalue weighted by Crippen LogP contribution is 2.24. The number of nitrogen functional groups attached to an aromatic ring is 1. The van der Waals surface area contributed by atoms with E-state index in [2.05, 4.69) is 20.6 Å². The molecule has 2 heterocycles. The number of anilines is 1. The van der Waals surface area contributed by atoms with E-state index in [0.717, 1.165) is 15.8 Å². The molecule has 8 nitrogen and oxygen atoms in total. The standard InChI is InChI=1S/C21H25N5O3S/c1-12(2)8-14(11-27)24-20(29)17-5-3-4-16(25-17)19(28)23-10-13-6-7-15-18(9-13)30-21(22)26-15/h3-7,9,12,14,27H,8,10-11H2,1-2H3,(H2,22,26)(H,23,28)(H,24,29)/t14-/m0/s1. The van der Waals surface area contributed by atoms with Gasteiger partial charge in [-0.05, 0) is 42.2 Å². The summed E-state index contributed by atoms with van der Waals surface area (Å²) in [4.78, 5) is 33.3. The van der Waals surface area contributed by atoms with Crippen LogP contribution in [0.15, 0.2) is 36.4 Å². The van der Waals surface area contributed by atoms with Gasteiger partial charge in [0, 0.05) is 6.54 Å². The van der Waals surface area contributed by atoms with Crippen LogP contribution in [0.25, 0.3) is 10.2 Å². The van der Waals surface area contributed by atoms with Crippen LogP contribution in [-0.2, 0) is 6.54 Å². The second-order valence-corrected chi connectivity index (χ2v) is 8.49. The largest absolute Gasteiger partial charge is 0.394 e. The Morgan fingerprint density at radius 1 is 1.13 bits per heavy atom. The number of aliphatic hydroxyl groups is 1. The molecule has 0 aliphatic heterocycles. The van der Waals surface area contributed by atoms with Gasteiger partial charge >= 0.3 is 0 Å². The molecule has 3 rings (SSSR count). The van der Waals surface area contributed by atoms with Gasteiger partial charge in [0.2, 0.25) is 0 Å². The van der Waals surface area contributed by atoms with Gasteiger partial charge in [-0.3, -0.25) is 9.59 Å². The maximum absolute atomic E-state index is 12.5. The monoisotopic (exact) mass is 427 g/mol. The van der Waals surface area contributed by atoms with Crippen molar-refractivity contribution in [3.05, 3.63) is 53.3 Å². The van der Waals surface area contributed by atoms with Gasteiger partial charge in [-0.15, -0.1) is 0 Å². The molecule has 158 valence electrons. The smallest absolute Gasteiger partial charge is 0.270 e. The van der Waals surface area contributed by atoms with E-state index >= 15 is 0 Å². The molecule has 0 aliphatic carbocycles. The number of rotatable bonds is 8. The highest BCUT2D eigenvalue weighted by atomic mass is 32.1. The van der Waals surface area contributed by atoms with E-state index in [1.807, 2.05) is 32.0 Å². The Kier molecular flexibility index (Phi) is 6.96. The number of aliphatic hydroxyl groups excluding tert-OH is 1. The maximum Gasteiger partial charge on any atom is 0.270 e. The Bertz CT molecular complexity index is 1050. The molecule has 30 heavy (non-hydrogen) atoms.